The van der Waals surface area contributed by atoms with Crippen molar-refractivity contribution in [3.05, 3.63) is 59.2 Å². The Morgan fingerprint density at radius 2 is 1.90 bits per heavy atom. The van der Waals surface area contributed by atoms with Gasteiger partial charge >= 0.3 is 0 Å². The van der Waals surface area contributed by atoms with Crippen LogP contribution in [-0.4, -0.2) is 43.7 Å². The van der Waals surface area contributed by atoms with Gasteiger partial charge in [0.1, 0.15) is 0 Å². The molecule has 0 aliphatic carbocycles. The van der Waals surface area contributed by atoms with Crippen LogP contribution in [0.2, 0.25) is 0 Å². The number of benzene rings is 2. The smallest absolute Gasteiger partial charge is 0.259 e. The Morgan fingerprint density at radius 3 is 2.60 bits per heavy atom. The summed E-state index contributed by atoms with van der Waals surface area (Å²) in [6.45, 7) is 3.60. The Kier molecular flexibility index (Phi) is 8.37. The monoisotopic (exact) mass is 412 g/mol. The number of primary amides is 1. The van der Waals surface area contributed by atoms with Crippen LogP contribution in [0.25, 0.3) is 0 Å². The van der Waals surface area contributed by atoms with Crippen molar-refractivity contribution in [2.45, 2.75) is 13.8 Å². The van der Waals surface area contributed by atoms with Gasteiger partial charge in [-0.15, -0.1) is 0 Å². The molecule has 0 saturated heterocycles. The van der Waals surface area contributed by atoms with Crippen molar-refractivity contribution in [2.75, 3.05) is 19.8 Å². The molecule has 0 atom stereocenters. The fourth-order valence-corrected chi connectivity index (χ4v) is 2.41. The van der Waals surface area contributed by atoms with Crippen LogP contribution >= 0.6 is 0 Å². The maximum Gasteiger partial charge on any atom is 0.259 e. The van der Waals surface area contributed by atoms with Gasteiger partial charge in [-0.05, 0) is 49.7 Å². The minimum atomic E-state index is -0.597. The normalized spacial score (nSPS) is 10.5. The van der Waals surface area contributed by atoms with E-state index in [-0.39, 0.29) is 19.1 Å². The standard InChI is InChI=1S/C21H24N4O5/c1-3-29-18-10-15(7-8-17(18)30-13-19(22)26)11-24-25-20(27)12-23-21(28)16-6-4-5-14(2)9-16/h4-11H,3,12-13H2,1-2H3,(H2,22,26)(H,23,28)(H,25,27)/b24-11+. The predicted octanol–water partition coefficient (Wildman–Crippen LogP) is 1.14. The molecule has 2 rings (SSSR count). The molecule has 0 aliphatic heterocycles. The number of hydrazone groups is 1. The first-order valence-corrected chi connectivity index (χ1v) is 9.23. The Hall–Kier alpha value is -3.88. The molecular formula is C21H24N4O5. The van der Waals surface area contributed by atoms with Crippen molar-refractivity contribution in [1.82, 2.24) is 10.7 Å². The lowest BCUT2D eigenvalue weighted by Crippen LogP contribution is -2.34. The zero-order valence-corrected chi connectivity index (χ0v) is 16.8. The Bertz CT molecular complexity index is 943. The van der Waals surface area contributed by atoms with Crippen LogP contribution < -0.4 is 25.9 Å². The molecule has 0 radical (unpaired) electrons. The number of nitrogens with one attached hydrogen (secondary N) is 2. The van der Waals surface area contributed by atoms with Crippen LogP contribution in [0.15, 0.2) is 47.6 Å². The molecule has 2 aromatic carbocycles. The van der Waals surface area contributed by atoms with Crippen LogP contribution in [0.4, 0.5) is 0 Å². The summed E-state index contributed by atoms with van der Waals surface area (Å²) in [5.41, 5.74) is 9.48. The van der Waals surface area contributed by atoms with Crippen LogP contribution in [0.5, 0.6) is 11.5 Å². The van der Waals surface area contributed by atoms with Crippen LogP contribution in [0.3, 0.4) is 0 Å². The third-order valence-electron chi connectivity index (χ3n) is 3.73. The fraction of sp³-hybridized carbons (Fsp3) is 0.238. The number of carbonyl (C=O) groups is 3. The van der Waals surface area contributed by atoms with E-state index in [0.717, 1.165) is 5.56 Å². The van der Waals surface area contributed by atoms with Gasteiger partial charge < -0.3 is 20.5 Å². The van der Waals surface area contributed by atoms with Crippen molar-refractivity contribution in [3.63, 3.8) is 0 Å². The molecule has 158 valence electrons. The molecule has 4 N–H and O–H groups in total. The van der Waals surface area contributed by atoms with E-state index in [4.69, 9.17) is 15.2 Å². The van der Waals surface area contributed by atoms with Gasteiger partial charge in [-0.2, -0.15) is 5.10 Å². The van der Waals surface area contributed by atoms with Gasteiger partial charge in [-0.25, -0.2) is 5.43 Å². The van der Waals surface area contributed by atoms with Gasteiger partial charge in [0.05, 0.1) is 19.4 Å². The maximum absolute atomic E-state index is 12.0. The van der Waals surface area contributed by atoms with E-state index < -0.39 is 11.8 Å². The summed E-state index contributed by atoms with van der Waals surface area (Å²) in [6, 6.07) is 12.0. The second-order valence-electron chi connectivity index (χ2n) is 6.24. The first kappa shape index (κ1) is 22.4. The minimum absolute atomic E-state index is 0.214. The number of aryl methyl sites for hydroxylation is 1. The summed E-state index contributed by atoms with van der Waals surface area (Å²) in [7, 11) is 0. The second kappa shape index (κ2) is 11.2. The number of nitrogens with two attached hydrogens (primary N) is 1. The summed E-state index contributed by atoms with van der Waals surface area (Å²) in [5, 5.41) is 6.40. The number of hydrogen-bond donors (Lipinski definition) is 3. The number of carbonyl (C=O) groups excluding carboxylic acids is 3. The summed E-state index contributed by atoms with van der Waals surface area (Å²) >= 11 is 0. The molecule has 0 bridgehead atoms. The molecule has 0 heterocycles. The summed E-state index contributed by atoms with van der Waals surface area (Å²) < 4.78 is 10.8. The first-order chi connectivity index (χ1) is 14.4. The lowest BCUT2D eigenvalue weighted by Gasteiger charge is -2.11. The molecule has 0 fully saturated rings. The Labute approximate surface area is 174 Å². The maximum atomic E-state index is 12.0. The molecule has 0 aliphatic rings. The van der Waals surface area contributed by atoms with E-state index in [2.05, 4.69) is 15.8 Å². The average Bonchev–Trinajstić information content (AvgIpc) is 2.71. The van der Waals surface area contributed by atoms with Crippen LogP contribution in [0, 0.1) is 6.92 Å². The van der Waals surface area contributed by atoms with E-state index in [0.29, 0.717) is 29.2 Å². The lowest BCUT2D eigenvalue weighted by atomic mass is 10.1. The minimum Gasteiger partial charge on any atom is -0.490 e. The number of amides is 3. The second-order valence-corrected chi connectivity index (χ2v) is 6.24. The van der Waals surface area contributed by atoms with Crippen LogP contribution in [-0.2, 0) is 9.59 Å². The molecule has 0 unspecified atom stereocenters. The number of nitrogens with zero attached hydrogens (tertiary/aromatic N) is 1. The highest BCUT2D eigenvalue weighted by Crippen LogP contribution is 2.27. The number of hydrogen-bond acceptors (Lipinski definition) is 6. The van der Waals surface area contributed by atoms with Gasteiger partial charge in [0, 0.05) is 5.56 Å². The Balaban J connectivity index is 1.89. The highest BCUT2D eigenvalue weighted by atomic mass is 16.5. The summed E-state index contributed by atoms with van der Waals surface area (Å²) in [6.07, 6.45) is 1.42. The SMILES string of the molecule is CCOc1cc(/C=N/NC(=O)CNC(=O)c2cccc(C)c2)ccc1OCC(N)=O. The molecule has 0 spiro atoms. The van der Waals surface area contributed by atoms with Crippen molar-refractivity contribution in [2.24, 2.45) is 10.8 Å². The zero-order valence-electron chi connectivity index (χ0n) is 16.8. The third-order valence-corrected chi connectivity index (χ3v) is 3.73. The van der Waals surface area contributed by atoms with E-state index >= 15 is 0 Å². The molecule has 0 aromatic heterocycles. The predicted molar refractivity (Wildman–Crippen MR) is 112 cm³/mol. The largest absolute Gasteiger partial charge is 0.490 e. The Morgan fingerprint density at radius 1 is 1.10 bits per heavy atom. The first-order valence-electron chi connectivity index (χ1n) is 9.23. The van der Waals surface area contributed by atoms with E-state index in [1.165, 1.54) is 6.21 Å². The van der Waals surface area contributed by atoms with Gasteiger partial charge in [-0.1, -0.05) is 17.7 Å². The van der Waals surface area contributed by atoms with Gasteiger partial charge in [0.2, 0.25) is 0 Å². The molecule has 3 amide bonds. The van der Waals surface area contributed by atoms with Gasteiger partial charge in [0.15, 0.2) is 18.1 Å². The topological polar surface area (TPSA) is 132 Å². The highest BCUT2D eigenvalue weighted by Gasteiger charge is 2.09. The van der Waals surface area contributed by atoms with E-state index in [9.17, 15) is 14.4 Å². The van der Waals surface area contributed by atoms with Crippen molar-refractivity contribution < 1.29 is 23.9 Å². The van der Waals surface area contributed by atoms with Gasteiger partial charge in [0.25, 0.3) is 17.7 Å². The molecule has 9 heteroatoms. The molecule has 0 saturated carbocycles. The number of rotatable bonds is 10. The zero-order chi connectivity index (χ0) is 21.9. The van der Waals surface area contributed by atoms with E-state index in [1.54, 1.807) is 36.4 Å². The fourth-order valence-electron chi connectivity index (χ4n) is 2.41. The third kappa shape index (κ3) is 7.27. The van der Waals surface area contributed by atoms with Crippen molar-refractivity contribution in [1.29, 1.82) is 0 Å². The summed E-state index contributed by atoms with van der Waals surface area (Å²) in [5.74, 6) is -0.625. The highest BCUT2D eigenvalue weighted by molar-refractivity contribution is 5.96. The molecular weight excluding hydrogens is 388 g/mol. The average molecular weight is 412 g/mol. The van der Waals surface area contributed by atoms with E-state index in [1.807, 2.05) is 19.9 Å². The van der Waals surface area contributed by atoms with Crippen molar-refractivity contribution >= 4 is 23.9 Å². The van der Waals surface area contributed by atoms with Crippen molar-refractivity contribution in [3.8, 4) is 11.5 Å². The summed E-state index contributed by atoms with van der Waals surface area (Å²) in [4.78, 5) is 34.8. The van der Waals surface area contributed by atoms with Crippen LogP contribution in [0.1, 0.15) is 28.4 Å². The molecule has 30 heavy (non-hydrogen) atoms. The molecule has 2 aromatic rings. The quantitative estimate of drug-likeness (QED) is 0.398. The van der Waals surface area contributed by atoms with Gasteiger partial charge in [-0.3, -0.25) is 14.4 Å². The number of ether oxygens (including phenoxy) is 2. The lowest BCUT2D eigenvalue weighted by molar-refractivity contribution is -0.120. The molecule has 9 nitrogen and oxygen atoms in total.